The van der Waals surface area contributed by atoms with E-state index in [1.54, 1.807) is 43.5 Å². The number of amides is 2. The summed E-state index contributed by atoms with van der Waals surface area (Å²) >= 11 is 1.51. The van der Waals surface area contributed by atoms with Gasteiger partial charge in [-0.15, -0.1) is 11.8 Å². The van der Waals surface area contributed by atoms with Gasteiger partial charge in [0.1, 0.15) is 5.75 Å². The van der Waals surface area contributed by atoms with Gasteiger partial charge in [0.25, 0.3) is 5.91 Å². The molecule has 0 spiro atoms. The van der Waals surface area contributed by atoms with Gasteiger partial charge in [-0.1, -0.05) is 29.8 Å². The van der Waals surface area contributed by atoms with Crippen molar-refractivity contribution in [3.05, 3.63) is 83.4 Å². The maximum absolute atomic E-state index is 12.5. The van der Waals surface area contributed by atoms with Gasteiger partial charge in [0.15, 0.2) is 0 Å². The Bertz CT molecular complexity index is 1050. The van der Waals surface area contributed by atoms with Crippen LogP contribution in [0.25, 0.3) is 0 Å². The van der Waals surface area contributed by atoms with E-state index in [-0.39, 0.29) is 11.8 Å². The molecular weight excluding hydrogens is 396 g/mol. The Balaban J connectivity index is 1.56. The number of ether oxygens (including phenoxy) is 1. The summed E-state index contributed by atoms with van der Waals surface area (Å²) in [5.74, 6) is 0.575. The van der Waals surface area contributed by atoms with Crippen molar-refractivity contribution in [1.82, 2.24) is 0 Å². The number of carbonyl (C=O) groups excluding carboxylic acids is 2. The molecule has 0 bridgehead atoms. The van der Waals surface area contributed by atoms with E-state index in [9.17, 15) is 9.59 Å². The molecule has 0 heterocycles. The highest BCUT2D eigenvalue weighted by molar-refractivity contribution is 8.00. The molecule has 0 saturated carbocycles. The van der Waals surface area contributed by atoms with Crippen LogP contribution in [0.3, 0.4) is 0 Å². The Morgan fingerprint density at radius 2 is 1.67 bits per heavy atom. The first-order valence-corrected chi connectivity index (χ1v) is 10.5. The molecule has 3 rings (SSSR count). The number of benzene rings is 3. The zero-order valence-corrected chi connectivity index (χ0v) is 18.0. The second-order valence-corrected chi connectivity index (χ2v) is 7.85. The van der Waals surface area contributed by atoms with Gasteiger partial charge in [0.2, 0.25) is 5.91 Å². The Morgan fingerprint density at radius 1 is 0.933 bits per heavy atom. The summed E-state index contributed by atoms with van der Waals surface area (Å²) in [5.41, 5.74) is 4.07. The van der Waals surface area contributed by atoms with Gasteiger partial charge in [0.05, 0.1) is 18.6 Å². The molecule has 0 fully saturated rings. The fraction of sp³-hybridized carbons (Fsp3) is 0.167. The number of aryl methyl sites for hydroxylation is 2. The fourth-order valence-corrected chi connectivity index (χ4v) is 3.77. The van der Waals surface area contributed by atoms with Crippen molar-refractivity contribution in [3.8, 4) is 5.75 Å². The number of hydrogen-bond donors (Lipinski definition) is 2. The number of anilines is 2. The van der Waals surface area contributed by atoms with Gasteiger partial charge in [-0.05, 0) is 61.9 Å². The lowest BCUT2D eigenvalue weighted by Crippen LogP contribution is -2.15. The maximum atomic E-state index is 12.5. The van der Waals surface area contributed by atoms with Crippen LogP contribution in [0.1, 0.15) is 21.5 Å². The average molecular weight is 421 g/mol. The first-order valence-electron chi connectivity index (χ1n) is 9.50. The highest BCUT2D eigenvalue weighted by Crippen LogP contribution is 2.25. The largest absolute Gasteiger partial charge is 0.495 e. The third kappa shape index (κ3) is 5.64. The summed E-state index contributed by atoms with van der Waals surface area (Å²) in [6, 6.07) is 20.2. The van der Waals surface area contributed by atoms with Crippen LogP contribution in [0.5, 0.6) is 5.75 Å². The summed E-state index contributed by atoms with van der Waals surface area (Å²) in [6.07, 6.45) is 0. The van der Waals surface area contributed by atoms with Crippen LogP contribution in [0.2, 0.25) is 0 Å². The molecule has 0 aliphatic rings. The third-order valence-electron chi connectivity index (χ3n) is 4.49. The molecule has 3 aromatic rings. The summed E-state index contributed by atoms with van der Waals surface area (Å²) in [5, 5.41) is 5.70. The standard InChI is InChI=1S/C24H24N2O3S/c1-16-8-9-17(2)22(14-16)30-15-23(27)25-19-12-10-18(11-13-19)24(28)26-20-6-4-5-7-21(20)29-3/h4-14H,15H2,1-3H3,(H,25,27)(H,26,28). The van der Waals surface area contributed by atoms with E-state index in [1.807, 2.05) is 26.0 Å². The predicted molar refractivity (Wildman–Crippen MR) is 123 cm³/mol. The predicted octanol–water partition coefficient (Wildman–Crippen LogP) is 5.30. The SMILES string of the molecule is COc1ccccc1NC(=O)c1ccc(NC(=O)CSc2cc(C)ccc2C)cc1. The molecule has 2 amide bonds. The third-order valence-corrected chi connectivity index (χ3v) is 5.65. The Kier molecular flexibility index (Phi) is 7.14. The zero-order chi connectivity index (χ0) is 21.5. The molecule has 2 N–H and O–H groups in total. The first kappa shape index (κ1) is 21.5. The maximum Gasteiger partial charge on any atom is 0.255 e. The van der Waals surface area contributed by atoms with E-state index < -0.39 is 0 Å². The van der Waals surface area contributed by atoms with Crippen LogP contribution < -0.4 is 15.4 Å². The van der Waals surface area contributed by atoms with E-state index in [4.69, 9.17) is 4.74 Å². The molecule has 6 heteroatoms. The van der Waals surface area contributed by atoms with Gasteiger partial charge in [0, 0.05) is 16.1 Å². The smallest absolute Gasteiger partial charge is 0.255 e. The van der Waals surface area contributed by atoms with Gasteiger partial charge < -0.3 is 15.4 Å². The van der Waals surface area contributed by atoms with Gasteiger partial charge >= 0.3 is 0 Å². The van der Waals surface area contributed by atoms with Crippen molar-refractivity contribution in [3.63, 3.8) is 0 Å². The molecule has 0 unspecified atom stereocenters. The van der Waals surface area contributed by atoms with Crippen LogP contribution in [-0.2, 0) is 4.79 Å². The van der Waals surface area contributed by atoms with Crippen molar-refractivity contribution >= 4 is 35.0 Å². The molecule has 3 aromatic carbocycles. The molecule has 30 heavy (non-hydrogen) atoms. The second kappa shape index (κ2) is 9.98. The molecule has 154 valence electrons. The van der Waals surface area contributed by atoms with E-state index >= 15 is 0 Å². The lowest BCUT2D eigenvalue weighted by Gasteiger charge is -2.10. The van der Waals surface area contributed by atoms with Crippen molar-refractivity contribution in [1.29, 1.82) is 0 Å². The number of para-hydroxylation sites is 2. The topological polar surface area (TPSA) is 67.4 Å². The van der Waals surface area contributed by atoms with Crippen molar-refractivity contribution < 1.29 is 14.3 Å². The van der Waals surface area contributed by atoms with E-state index in [0.29, 0.717) is 28.4 Å². The minimum atomic E-state index is -0.247. The molecule has 0 aliphatic carbocycles. The highest BCUT2D eigenvalue weighted by atomic mass is 32.2. The quantitative estimate of drug-likeness (QED) is 0.509. The van der Waals surface area contributed by atoms with Crippen LogP contribution in [0.4, 0.5) is 11.4 Å². The molecule has 0 aromatic heterocycles. The monoisotopic (exact) mass is 420 g/mol. The normalized spacial score (nSPS) is 10.4. The first-order chi connectivity index (χ1) is 14.5. The molecule has 0 saturated heterocycles. The summed E-state index contributed by atoms with van der Waals surface area (Å²) in [7, 11) is 1.56. The van der Waals surface area contributed by atoms with Gasteiger partial charge in [-0.3, -0.25) is 9.59 Å². The van der Waals surface area contributed by atoms with Crippen LogP contribution in [0.15, 0.2) is 71.6 Å². The minimum absolute atomic E-state index is 0.0906. The van der Waals surface area contributed by atoms with Crippen LogP contribution in [0, 0.1) is 13.8 Å². The lowest BCUT2D eigenvalue weighted by molar-refractivity contribution is -0.113. The highest BCUT2D eigenvalue weighted by Gasteiger charge is 2.10. The average Bonchev–Trinajstić information content (AvgIpc) is 2.75. The summed E-state index contributed by atoms with van der Waals surface area (Å²) in [4.78, 5) is 25.9. The number of rotatable bonds is 7. The number of nitrogens with one attached hydrogen (secondary N) is 2. The van der Waals surface area contributed by atoms with Crippen molar-refractivity contribution in [2.45, 2.75) is 18.7 Å². The van der Waals surface area contributed by atoms with Crippen LogP contribution >= 0.6 is 11.8 Å². The fourth-order valence-electron chi connectivity index (χ4n) is 2.85. The van der Waals surface area contributed by atoms with E-state index in [0.717, 1.165) is 10.5 Å². The van der Waals surface area contributed by atoms with E-state index in [1.165, 1.54) is 17.3 Å². The minimum Gasteiger partial charge on any atom is -0.495 e. The Hall–Kier alpha value is -3.25. The van der Waals surface area contributed by atoms with Crippen molar-refractivity contribution in [2.75, 3.05) is 23.5 Å². The Labute approximate surface area is 180 Å². The molecule has 0 aliphatic heterocycles. The second-order valence-electron chi connectivity index (χ2n) is 6.84. The zero-order valence-electron chi connectivity index (χ0n) is 17.2. The van der Waals surface area contributed by atoms with Gasteiger partial charge in [-0.2, -0.15) is 0 Å². The number of hydrogen-bond acceptors (Lipinski definition) is 4. The molecule has 5 nitrogen and oxygen atoms in total. The van der Waals surface area contributed by atoms with Gasteiger partial charge in [-0.25, -0.2) is 0 Å². The molecule has 0 radical (unpaired) electrons. The number of carbonyl (C=O) groups is 2. The summed E-state index contributed by atoms with van der Waals surface area (Å²) < 4.78 is 5.25. The van der Waals surface area contributed by atoms with Crippen LogP contribution in [-0.4, -0.2) is 24.7 Å². The lowest BCUT2D eigenvalue weighted by atomic mass is 10.2. The Morgan fingerprint density at radius 3 is 2.40 bits per heavy atom. The summed E-state index contributed by atoms with van der Waals surface area (Å²) in [6.45, 7) is 4.07. The molecular formula is C24H24N2O3S. The van der Waals surface area contributed by atoms with Crippen molar-refractivity contribution in [2.24, 2.45) is 0 Å². The number of thioether (sulfide) groups is 1. The van der Waals surface area contributed by atoms with E-state index in [2.05, 4.69) is 28.8 Å². The molecule has 0 atom stereocenters. The number of methoxy groups -OCH3 is 1.